The van der Waals surface area contributed by atoms with Crippen LogP contribution in [-0.4, -0.2) is 18.2 Å². The molecule has 1 aromatic carbocycles. The van der Waals surface area contributed by atoms with Crippen LogP contribution in [0.25, 0.3) is 0 Å². The van der Waals surface area contributed by atoms with E-state index in [0.717, 1.165) is 18.0 Å². The molecule has 1 fully saturated rings. The van der Waals surface area contributed by atoms with Crippen LogP contribution < -0.4 is 5.32 Å². The van der Waals surface area contributed by atoms with Gasteiger partial charge in [0.15, 0.2) is 0 Å². The summed E-state index contributed by atoms with van der Waals surface area (Å²) in [4.78, 5) is 0. The lowest BCUT2D eigenvalue weighted by atomic mass is 9.83. The van der Waals surface area contributed by atoms with Gasteiger partial charge in [-0.3, -0.25) is 0 Å². The van der Waals surface area contributed by atoms with E-state index in [4.69, 9.17) is 0 Å². The Kier molecular flexibility index (Phi) is 4.37. The van der Waals surface area contributed by atoms with Crippen molar-refractivity contribution in [2.24, 2.45) is 5.92 Å². The van der Waals surface area contributed by atoms with E-state index in [1.807, 2.05) is 30.3 Å². The molecule has 1 unspecified atom stereocenters. The topological polar surface area (TPSA) is 32.3 Å². The van der Waals surface area contributed by atoms with Crippen LogP contribution in [0.2, 0.25) is 0 Å². The number of hydrogen-bond donors (Lipinski definition) is 2. The summed E-state index contributed by atoms with van der Waals surface area (Å²) in [7, 11) is 0. The molecule has 1 aromatic rings. The second-order valence-corrected chi connectivity index (χ2v) is 4.72. The van der Waals surface area contributed by atoms with Crippen molar-refractivity contribution in [2.75, 3.05) is 13.1 Å². The highest BCUT2D eigenvalue weighted by Crippen LogP contribution is 2.28. The molecular weight excluding hydrogens is 198 g/mol. The number of rotatable bonds is 6. The van der Waals surface area contributed by atoms with Crippen LogP contribution in [0.1, 0.15) is 37.4 Å². The minimum absolute atomic E-state index is 0.373. The largest absolute Gasteiger partial charge is 0.387 e. The zero-order chi connectivity index (χ0) is 11.2. The maximum Gasteiger partial charge on any atom is 0.0914 e. The minimum Gasteiger partial charge on any atom is -0.387 e. The third-order valence-corrected chi connectivity index (χ3v) is 3.48. The van der Waals surface area contributed by atoms with Crippen LogP contribution in [-0.2, 0) is 0 Å². The molecule has 2 N–H and O–H groups in total. The Morgan fingerprint density at radius 2 is 2.00 bits per heavy atom. The van der Waals surface area contributed by atoms with Gasteiger partial charge < -0.3 is 10.4 Å². The fraction of sp³-hybridized carbons (Fsp3) is 0.571. The van der Waals surface area contributed by atoms with Gasteiger partial charge in [-0.05, 0) is 24.4 Å². The highest BCUT2D eigenvalue weighted by Gasteiger charge is 2.16. The number of benzene rings is 1. The Balaban J connectivity index is 1.62. The fourth-order valence-electron chi connectivity index (χ4n) is 2.12. The molecule has 2 rings (SSSR count). The van der Waals surface area contributed by atoms with Gasteiger partial charge in [-0.25, -0.2) is 0 Å². The number of aliphatic hydroxyl groups is 1. The molecule has 2 nitrogen and oxygen atoms in total. The standard InChI is InChI=1S/C14H21NO/c16-14(13-7-2-1-3-8-13)11-15-10-9-12-5-4-6-12/h1-3,7-8,12,14-16H,4-6,9-11H2. The second kappa shape index (κ2) is 6.02. The summed E-state index contributed by atoms with van der Waals surface area (Å²) in [5.41, 5.74) is 0.999. The van der Waals surface area contributed by atoms with Gasteiger partial charge in [0.05, 0.1) is 6.10 Å². The van der Waals surface area contributed by atoms with Gasteiger partial charge >= 0.3 is 0 Å². The molecule has 0 bridgehead atoms. The molecule has 0 aromatic heterocycles. The summed E-state index contributed by atoms with van der Waals surface area (Å²) in [6.45, 7) is 1.70. The van der Waals surface area contributed by atoms with E-state index in [0.29, 0.717) is 6.54 Å². The third kappa shape index (κ3) is 3.32. The van der Waals surface area contributed by atoms with Gasteiger partial charge in [-0.1, -0.05) is 49.6 Å². The summed E-state index contributed by atoms with van der Waals surface area (Å²) in [5.74, 6) is 0.946. The number of hydrogen-bond acceptors (Lipinski definition) is 2. The SMILES string of the molecule is OC(CNCCC1CCC1)c1ccccc1. The van der Waals surface area contributed by atoms with Crippen molar-refractivity contribution in [1.82, 2.24) is 5.32 Å². The van der Waals surface area contributed by atoms with Crippen molar-refractivity contribution in [3.63, 3.8) is 0 Å². The quantitative estimate of drug-likeness (QED) is 0.720. The fourth-order valence-corrected chi connectivity index (χ4v) is 2.12. The van der Waals surface area contributed by atoms with Gasteiger partial charge in [0.1, 0.15) is 0 Å². The zero-order valence-corrected chi connectivity index (χ0v) is 9.73. The molecule has 2 heteroatoms. The number of nitrogens with one attached hydrogen (secondary N) is 1. The molecule has 1 atom stereocenters. The summed E-state index contributed by atoms with van der Waals surface area (Å²) in [6.07, 6.45) is 5.12. The van der Waals surface area contributed by atoms with Crippen LogP contribution in [0, 0.1) is 5.92 Å². The molecule has 0 radical (unpaired) electrons. The molecule has 88 valence electrons. The lowest BCUT2D eigenvalue weighted by Crippen LogP contribution is -2.25. The van der Waals surface area contributed by atoms with Crippen LogP contribution in [0.15, 0.2) is 30.3 Å². The smallest absolute Gasteiger partial charge is 0.0914 e. The monoisotopic (exact) mass is 219 g/mol. The van der Waals surface area contributed by atoms with E-state index in [1.54, 1.807) is 0 Å². The first kappa shape index (κ1) is 11.6. The molecular formula is C14H21NO. The Labute approximate surface area is 97.7 Å². The molecule has 0 saturated heterocycles. The Morgan fingerprint density at radius 1 is 1.25 bits per heavy atom. The lowest BCUT2D eigenvalue weighted by molar-refractivity contribution is 0.172. The first-order chi connectivity index (χ1) is 7.86. The van der Waals surface area contributed by atoms with Gasteiger partial charge in [-0.2, -0.15) is 0 Å². The molecule has 0 aliphatic heterocycles. The van der Waals surface area contributed by atoms with Crippen molar-refractivity contribution in [3.05, 3.63) is 35.9 Å². The van der Waals surface area contributed by atoms with E-state index in [-0.39, 0.29) is 6.10 Å². The molecule has 0 amide bonds. The molecule has 1 aliphatic rings. The average molecular weight is 219 g/mol. The van der Waals surface area contributed by atoms with E-state index in [9.17, 15) is 5.11 Å². The first-order valence-electron chi connectivity index (χ1n) is 6.30. The predicted octanol–water partition coefficient (Wildman–Crippen LogP) is 2.50. The Morgan fingerprint density at radius 3 is 2.62 bits per heavy atom. The summed E-state index contributed by atoms with van der Waals surface area (Å²) in [5, 5.41) is 13.2. The van der Waals surface area contributed by atoms with Crippen molar-refractivity contribution in [3.8, 4) is 0 Å². The highest BCUT2D eigenvalue weighted by atomic mass is 16.3. The van der Waals surface area contributed by atoms with E-state index in [1.165, 1.54) is 25.7 Å². The predicted molar refractivity (Wildman–Crippen MR) is 66.2 cm³/mol. The lowest BCUT2D eigenvalue weighted by Gasteiger charge is -2.25. The molecule has 1 saturated carbocycles. The van der Waals surface area contributed by atoms with Gasteiger partial charge in [0, 0.05) is 6.54 Å². The zero-order valence-electron chi connectivity index (χ0n) is 9.73. The van der Waals surface area contributed by atoms with E-state index in [2.05, 4.69) is 5.32 Å². The van der Waals surface area contributed by atoms with E-state index < -0.39 is 0 Å². The van der Waals surface area contributed by atoms with Gasteiger partial charge in [0.25, 0.3) is 0 Å². The maximum absolute atomic E-state index is 9.89. The van der Waals surface area contributed by atoms with Gasteiger partial charge in [0.2, 0.25) is 0 Å². The van der Waals surface area contributed by atoms with Crippen molar-refractivity contribution < 1.29 is 5.11 Å². The number of aliphatic hydroxyl groups excluding tert-OH is 1. The Hall–Kier alpha value is -0.860. The highest BCUT2D eigenvalue weighted by molar-refractivity contribution is 5.17. The summed E-state index contributed by atoms with van der Waals surface area (Å²) in [6, 6.07) is 9.84. The minimum atomic E-state index is -0.373. The maximum atomic E-state index is 9.89. The molecule has 1 aliphatic carbocycles. The second-order valence-electron chi connectivity index (χ2n) is 4.72. The molecule has 0 heterocycles. The average Bonchev–Trinajstić information content (AvgIpc) is 2.27. The van der Waals surface area contributed by atoms with Crippen LogP contribution in [0.3, 0.4) is 0 Å². The van der Waals surface area contributed by atoms with Crippen LogP contribution in [0.5, 0.6) is 0 Å². The van der Waals surface area contributed by atoms with Crippen LogP contribution in [0.4, 0.5) is 0 Å². The van der Waals surface area contributed by atoms with Crippen molar-refractivity contribution >= 4 is 0 Å². The summed E-state index contributed by atoms with van der Waals surface area (Å²) < 4.78 is 0. The van der Waals surface area contributed by atoms with Crippen molar-refractivity contribution in [1.29, 1.82) is 0 Å². The van der Waals surface area contributed by atoms with E-state index >= 15 is 0 Å². The molecule has 0 spiro atoms. The first-order valence-corrected chi connectivity index (χ1v) is 6.30. The summed E-state index contributed by atoms with van der Waals surface area (Å²) >= 11 is 0. The van der Waals surface area contributed by atoms with Crippen LogP contribution >= 0.6 is 0 Å². The molecule has 16 heavy (non-hydrogen) atoms. The normalized spacial score (nSPS) is 18.1. The van der Waals surface area contributed by atoms with Crippen molar-refractivity contribution in [2.45, 2.75) is 31.8 Å². The third-order valence-electron chi connectivity index (χ3n) is 3.48. The Bertz CT molecular complexity index is 295. The van der Waals surface area contributed by atoms with Gasteiger partial charge in [-0.15, -0.1) is 0 Å².